The second-order valence-electron chi connectivity index (χ2n) is 8.15. The number of fused-ring (bicyclic) bond motifs is 1. The molecule has 1 unspecified atom stereocenters. The normalized spacial score (nSPS) is 17.5. The van der Waals surface area contributed by atoms with Crippen molar-refractivity contribution in [3.8, 4) is 17.0 Å². The van der Waals surface area contributed by atoms with Gasteiger partial charge in [0, 0.05) is 31.5 Å². The van der Waals surface area contributed by atoms with Crippen molar-refractivity contribution in [2.45, 2.75) is 25.4 Å². The maximum Gasteiger partial charge on any atom is 0.277 e. The largest absolute Gasteiger partial charge is 0.497 e. The monoisotopic (exact) mass is 448 g/mol. The van der Waals surface area contributed by atoms with Crippen molar-refractivity contribution < 1.29 is 19.1 Å². The Bertz CT molecular complexity index is 1130. The first-order valence-electron chi connectivity index (χ1n) is 10.9. The number of carbonyl (C=O) groups is 2. The Hall–Kier alpha value is -3.65. The van der Waals surface area contributed by atoms with Gasteiger partial charge in [0.15, 0.2) is 0 Å². The summed E-state index contributed by atoms with van der Waals surface area (Å²) in [5.74, 6) is 0.145. The summed E-state index contributed by atoms with van der Waals surface area (Å²) in [6, 6.07) is 18.6. The molecule has 1 aliphatic heterocycles. The molecule has 2 amide bonds. The number of methoxy groups -OCH3 is 2. The van der Waals surface area contributed by atoms with E-state index in [1.54, 1.807) is 61.1 Å². The lowest BCUT2D eigenvalue weighted by atomic mass is 9.94. The first kappa shape index (κ1) is 22.5. The Morgan fingerprint density at radius 1 is 1.12 bits per heavy atom. The summed E-state index contributed by atoms with van der Waals surface area (Å²) in [4.78, 5) is 28.7. The standard InChI is InChI=1S/C25H28N4O4/c1-25(24(31)26-14-7-15-32-2)17-28-22(16-21(27-28)18-8-5-4-6-9-18)23(30)29(25)19-10-12-20(33-3)13-11-19/h4-6,8-13,16H,7,14-15,17H2,1-3H3,(H,26,31). The average molecular weight is 449 g/mol. The Morgan fingerprint density at radius 2 is 1.85 bits per heavy atom. The van der Waals surface area contributed by atoms with Crippen LogP contribution < -0.4 is 15.0 Å². The maximum atomic E-state index is 13.7. The van der Waals surface area contributed by atoms with Gasteiger partial charge >= 0.3 is 0 Å². The highest BCUT2D eigenvalue weighted by Gasteiger charge is 2.48. The molecule has 3 aromatic rings. The van der Waals surface area contributed by atoms with E-state index < -0.39 is 5.54 Å². The quantitative estimate of drug-likeness (QED) is 0.535. The van der Waals surface area contributed by atoms with E-state index >= 15 is 0 Å². The van der Waals surface area contributed by atoms with Gasteiger partial charge in [-0.2, -0.15) is 5.10 Å². The Labute approximate surface area is 193 Å². The second kappa shape index (κ2) is 9.46. The molecule has 0 radical (unpaired) electrons. The minimum absolute atomic E-state index is 0.225. The summed E-state index contributed by atoms with van der Waals surface area (Å²) in [6.07, 6.45) is 0.681. The molecular formula is C25H28N4O4. The van der Waals surface area contributed by atoms with E-state index in [9.17, 15) is 9.59 Å². The fourth-order valence-corrected chi connectivity index (χ4v) is 4.08. The van der Waals surface area contributed by atoms with Crippen molar-refractivity contribution in [3.05, 3.63) is 66.4 Å². The fourth-order valence-electron chi connectivity index (χ4n) is 4.08. The van der Waals surface area contributed by atoms with Crippen LogP contribution in [0.4, 0.5) is 5.69 Å². The van der Waals surface area contributed by atoms with Crippen molar-refractivity contribution in [2.24, 2.45) is 0 Å². The summed E-state index contributed by atoms with van der Waals surface area (Å²) in [5, 5.41) is 7.62. The topological polar surface area (TPSA) is 85.7 Å². The van der Waals surface area contributed by atoms with Crippen molar-refractivity contribution in [1.29, 1.82) is 0 Å². The van der Waals surface area contributed by atoms with Gasteiger partial charge in [0.25, 0.3) is 5.91 Å². The summed E-state index contributed by atoms with van der Waals surface area (Å²) in [5.41, 5.74) is 1.48. The first-order valence-corrected chi connectivity index (χ1v) is 10.9. The van der Waals surface area contributed by atoms with Gasteiger partial charge in [0.05, 0.1) is 19.3 Å². The number of hydrogen-bond acceptors (Lipinski definition) is 5. The van der Waals surface area contributed by atoms with Crippen LogP contribution in [-0.4, -0.2) is 54.5 Å². The SMILES string of the molecule is COCCCNC(=O)C1(C)Cn2nc(-c3ccccc3)cc2C(=O)N1c1ccc(OC)cc1. The summed E-state index contributed by atoms with van der Waals surface area (Å²) >= 11 is 0. The van der Waals surface area contributed by atoms with Gasteiger partial charge in [0.1, 0.15) is 17.0 Å². The fraction of sp³-hybridized carbons (Fsp3) is 0.320. The van der Waals surface area contributed by atoms with Crippen LogP contribution in [0, 0.1) is 0 Å². The van der Waals surface area contributed by atoms with Gasteiger partial charge in [0.2, 0.25) is 5.91 Å². The lowest BCUT2D eigenvalue weighted by Gasteiger charge is -2.43. The van der Waals surface area contributed by atoms with Crippen LogP contribution in [-0.2, 0) is 16.1 Å². The third-order valence-corrected chi connectivity index (χ3v) is 5.85. The van der Waals surface area contributed by atoms with Gasteiger partial charge < -0.3 is 14.8 Å². The zero-order valence-electron chi connectivity index (χ0n) is 19.1. The van der Waals surface area contributed by atoms with Gasteiger partial charge in [-0.05, 0) is 43.7 Å². The number of amides is 2. The van der Waals surface area contributed by atoms with E-state index in [-0.39, 0.29) is 18.4 Å². The van der Waals surface area contributed by atoms with E-state index in [0.717, 1.165) is 5.56 Å². The molecule has 1 N–H and O–H groups in total. The number of hydrogen-bond donors (Lipinski definition) is 1. The third kappa shape index (κ3) is 4.34. The van der Waals surface area contributed by atoms with E-state index in [1.807, 2.05) is 30.3 Å². The number of rotatable bonds is 8. The van der Waals surface area contributed by atoms with Gasteiger partial charge in [-0.1, -0.05) is 30.3 Å². The van der Waals surface area contributed by atoms with Gasteiger partial charge in [-0.3, -0.25) is 19.2 Å². The van der Waals surface area contributed by atoms with Crippen LogP contribution in [0.1, 0.15) is 23.8 Å². The number of carbonyl (C=O) groups excluding carboxylic acids is 2. The Balaban J connectivity index is 1.73. The van der Waals surface area contributed by atoms with Crippen LogP contribution in [0.2, 0.25) is 0 Å². The third-order valence-electron chi connectivity index (χ3n) is 5.85. The van der Waals surface area contributed by atoms with Gasteiger partial charge in [-0.15, -0.1) is 0 Å². The van der Waals surface area contributed by atoms with Crippen molar-refractivity contribution in [1.82, 2.24) is 15.1 Å². The van der Waals surface area contributed by atoms with Crippen molar-refractivity contribution >= 4 is 17.5 Å². The number of nitrogens with one attached hydrogen (secondary N) is 1. The molecule has 2 heterocycles. The average Bonchev–Trinajstić information content (AvgIpc) is 3.27. The summed E-state index contributed by atoms with van der Waals surface area (Å²) < 4.78 is 12.0. The molecule has 0 spiro atoms. The number of benzene rings is 2. The summed E-state index contributed by atoms with van der Waals surface area (Å²) in [7, 11) is 3.21. The number of ether oxygens (including phenoxy) is 2. The molecule has 0 saturated carbocycles. The predicted octanol–water partition coefficient (Wildman–Crippen LogP) is 3.13. The lowest BCUT2D eigenvalue weighted by molar-refractivity contribution is -0.126. The molecule has 0 aliphatic carbocycles. The molecule has 8 nitrogen and oxygen atoms in total. The molecule has 0 fully saturated rings. The minimum atomic E-state index is -1.17. The summed E-state index contributed by atoms with van der Waals surface area (Å²) in [6.45, 7) is 2.99. The van der Waals surface area contributed by atoms with Crippen molar-refractivity contribution in [2.75, 3.05) is 32.3 Å². The molecule has 2 aromatic carbocycles. The highest BCUT2D eigenvalue weighted by Crippen LogP contribution is 2.34. The molecule has 172 valence electrons. The van der Waals surface area contributed by atoms with Crippen LogP contribution in [0.5, 0.6) is 5.75 Å². The van der Waals surface area contributed by atoms with E-state index in [1.165, 1.54) is 0 Å². The Kier molecular flexibility index (Phi) is 6.46. The van der Waals surface area contributed by atoms with Crippen molar-refractivity contribution in [3.63, 3.8) is 0 Å². The van der Waals surface area contributed by atoms with E-state index in [0.29, 0.717) is 42.4 Å². The molecule has 4 rings (SSSR count). The molecule has 1 atom stereocenters. The van der Waals surface area contributed by atoms with Crippen LogP contribution in [0.3, 0.4) is 0 Å². The highest BCUT2D eigenvalue weighted by molar-refractivity contribution is 6.12. The maximum absolute atomic E-state index is 13.7. The molecule has 33 heavy (non-hydrogen) atoms. The molecule has 1 aliphatic rings. The number of nitrogens with zero attached hydrogens (tertiary/aromatic N) is 3. The highest BCUT2D eigenvalue weighted by atomic mass is 16.5. The predicted molar refractivity (Wildman–Crippen MR) is 125 cm³/mol. The Morgan fingerprint density at radius 3 is 2.52 bits per heavy atom. The zero-order chi connectivity index (χ0) is 23.4. The molecule has 0 saturated heterocycles. The van der Waals surface area contributed by atoms with E-state index in [4.69, 9.17) is 9.47 Å². The van der Waals surface area contributed by atoms with Crippen LogP contribution in [0.15, 0.2) is 60.7 Å². The molecule has 1 aromatic heterocycles. The second-order valence-corrected chi connectivity index (χ2v) is 8.15. The van der Waals surface area contributed by atoms with Gasteiger partial charge in [-0.25, -0.2) is 0 Å². The molecule has 0 bridgehead atoms. The van der Waals surface area contributed by atoms with Crippen LogP contribution >= 0.6 is 0 Å². The molecular weight excluding hydrogens is 420 g/mol. The molecule has 8 heteroatoms. The number of anilines is 1. The number of aromatic nitrogens is 2. The minimum Gasteiger partial charge on any atom is -0.497 e. The van der Waals surface area contributed by atoms with Crippen LogP contribution in [0.25, 0.3) is 11.3 Å². The first-order chi connectivity index (χ1) is 16.0. The zero-order valence-corrected chi connectivity index (χ0v) is 19.1. The van der Waals surface area contributed by atoms with E-state index in [2.05, 4.69) is 10.4 Å². The smallest absolute Gasteiger partial charge is 0.277 e. The lowest BCUT2D eigenvalue weighted by Crippen LogP contribution is -2.64.